The van der Waals surface area contributed by atoms with Crippen LogP contribution in [0.1, 0.15) is 18.1 Å². The van der Waals surface area contributed by atoms with Gasteiger partial charge in [-0.3, -0.25) is 4.90 Å². The molecule has 2 aromatic carbocycles. The van der Waals surface area contributed by atoms with Crippen LogP contribution in [0.5, 0.6) is 11.5 Å². The maximum Gasteiger partial charge on any atom is 0.416 e. The van der Waals surface area contributed by atoms with E-state index in [0.717, 1.165) is 30.6 Å². The van der Waals surface area contributed by atoms with Gasteiger partial charge in [0.05, 0.1) is 25.5 Å². The van der Waals surface area contributed by atoms with Crippen LogP contribution in [0.2, 0.25) is 10.0 Å². The molecule has 0 radical (unpaired) electrons. The van der Waals surface area contributed by atoms with Gasteiger partial charge < -0.3 is 30.3 Å². The number of hydrogen-bond acceptors (Lipinski definition) is 8. The Balaban J connectivity index is 1.52. The van der Waals surface area contributed by atoms with Crippen LogP contribution in [0.4, 0.5) is 41.0 Å². The van der Waals surface area contributed by atoms with Gasteiger partial charge in [-0.2, -0.15) is 13.2 Å². The molecule has 0 spiro atoms. The molecule has 0 aliphatic carbocycles. The van der Waals surface area contributed by atoms with Crippen molar-refractivity contribution in [1.29, 1.82) is 0 Å². The number of benzene rings is 2. The topological polar surface area (TPSA) is 104 Å². The molecule has 0 saturated carbocycles. The fourth-order valence-corrected chi connectivity index (χ4v) is 5.31. The average Bonchev–Trinajstić information content (AvgIpc) is 2.99. The van der Waals surface area contributed by atoms with Gasteiger partial charge in [0, 0.05) is 50.5 Å². The minimum atomic E-state index is -4.55. The second kappa shape index (κ2) is 13.8. The summed E-state index contributed by atoms with van der Waals surface area (Å²) < 4.78 is 52.7. The van der Waals surface area contributed by atoms with Crippen molar-refractivity contribution in [2.24, 2.45) is 0 Å². The fourth-order valence-electron chi connectivity index (χ4n) is 4.72. The van der Waals surface area contributed by atoms with Crippen molar-refractivity contribution in [2.45, 2.75) is 25.6 Å². The molecular formula is C28H32Cl2F3N7O3. The number of urea groups is 1. The lowest BCUT2D eigenvalue weighted by atomic mass is 9.97. The molecule has 10 nitrogen and oxygen atoms in total. The van der Waals surface area contributed by atoms with Crippen molar-refractivity contribution < 1.29 is 27.4 Å². The van der Waals surface area contributed by atoms with E-state index in [1.54, 1.807) is 6.07 Å². The third-order valence-corrected chi connectivity index (χ3v) is 7.80. The van der Waals surface area contributed by atoms with Gasteiger partial charge in [0.15, 0.2) is 0 Å². The van der Waals surface area contributed by atoms with Crippen LogP contribution in [-0.2, 0) is 12.6 Å². The summed E-state index contributed by atoms with van der Waals surface area (Å²) in [6.45, 7) is 5.17. The SMILES string of the molecule is CCN1CCNC(Cc2ccc(Nc3cc(N(C)C(=O)Nc4c(Cl)c(OC)cc(OC)c4Cl)ncn3)cc2C(F)(F)F)C1. The van der Waals surface area contributed by atoms with Crippen molar-refractivity contribution in [3.8, 4) is 11.5 Å². The number of amides is 2. The van der Waals surface area contributed by atoms with E-state index in [-0.39, 0.29) is 62.6 Å². The summed E-state index contributed by atoms with van der Waals surface area (Å²) in [6, 6.07) is 6.28. The predicted molar refractivity (Wildman–Crippen MR) is 161 cm³/mol. The summed E-state index contributed by atoms with van der Waals surface area (Å²) >= 11 is 12.7. The minimum Gasteiger partial charge on any atom is -0.495 e. The van der Waals surface area contributed by atoms with E-state index < -0.39 is 17.8 Å². The van der Waals surface area contributed by atoms with Crippen LogP contribution >= 0.6 is 23.2 Å². The van der Waals surface area contributed by atoms with Gasteiger partial charge in [-0.05, 0) is 30.7 Å². The fraction of sp³-hybridized carbons (Fsp3) is 0.393. The van der Waals surface area contributed by atoms with Crippen molar-refractivity contribution in [1.82, 2.24) is 20.2 Å². The lowest BCUT2D eigenvalue weighted by molar-refractivity contribution is -0.138. The van der Waals surface area contributed by atoms with Crippen molar-refractivity contribution >= 4 is 52.2 Å². The molecule has 1 saturated heterocycles. The molecule has 2 heterocycles. The molecule has 15 heteroatoms. The number of anilines is 4. The van der Waals surface area contributed by atoms with Crippen molar-refractivity contribution in [2.75, 3.05) is 63.0 Å². The number of hydrogen-bond donors (Lipinski definition) is 3. The molecule has 1 unspecified atom stereocenters. The molecule has 2 amide bonds. The Morgan fingerprint density at radius 2 is 1.84 bits per heavy atom. The Bertz CT molecular complexity index is 1430. The molecule has 1 fully saturated rings. The van der Waals surface area contributed by atoms with Crippen LogP contribution in [0.3, 0.4) is 0 Å². The summed E-state index contributed by atoms with van der Waals surface area (Å²) in [7, 11) is 4.25. The van der Waals surface area contributed by atoms with E-state index in [2.05, 4.69) is 30.8 Å². The number of methoxy groups -OCH3 is 2. The van der Waals surface area contributed by atoms with Crippen molar-refractivity contribution in [3.05, 3.63) is 57.8 Å². The molecule has 0 bridgehead atoms. The molecule has 1 atom stereocenters. The number of carbonyl (C=O) groups is 1. The molecule has 4 rings (SSSR count). The van der Waals surface area contributed by atoms with E-state index in [0.29, 0.717) is 6.54 Å². The number of likely N-dealkylation sites (N-methyl/N-ethyl adjacent to an activating group) is 1. The van der Waals surface area contributed by atoms with Crippen molar-refractivity contribution in [3.63, 3.8) is 0 Å². The predicted octanol–water partition coefficient (Wildman–Crippen LogP) is 6.07. The zero-order chi connectivity index (χ0) is 31.3. The van der Waals surface area contributed by atoms with Gasteiger partial charge in [-0.1, -0.05) is 36.2 Å². The van der Waals surface area contributed by atoms with Gasteiger partial charge in [0.25, 0.3) is 0 Å². The van der Waals surface area contributed by atoms with Gasteiger partial charge in [0.2, 0.25) is 0 Å². The molecule has 232 valence electrons. The number of alkyl halides is 3. The van der Waals surface area contributed by atoms with E-state index in [9.17, 15) is 18.0 Å². The Hall–Kier alpha value is -3.52. The van der Waals surface area contributed by atoms with E-state index in [4.69, 9.17) is 32.7 Å². The first kappa shape index (κ1) is 32.4. The van der Waals surface area contributed by atoms with E-state index in [1.165, 1.54) is 45.8 Å². The molecule has 1 aromatic heterocycles. The lowest BCUT2D eigenvalue weighted by Crippen LogP contribution is -2.51. The normalized spacial score (nSPS) is 15.6. The minimum absolute atomic E-state index is 0.0611. The Morgan fingerprint density at radius 3 is 2.47 bits per heavy atom. The summed E-state index contributed by atoms with van der Waals surface area (Å²) in [5.74, 6) is 0.791. The van der Waals surface area contributed by atoms with Crippen LogP contribution in [0, 0.1) is 0 Å². The van der Waals surface area contributed by atoms with Gasteiger partial charge in [-0.15, -0.1) is 0 Å². The highest BCUT2D eigenvalue weighted by molar-refractivity contribution is 6.41. The smallest absolute Gasteiger partial charge is 0.416 e. The molecule has 3 aromatic rings. The monoisotopic (exact) mass is 641 g/mol. The Kier molecular flexibility index (Phi) is 10.4. The van der Waals surface area contributed by atoms with Crippen LogP contribution in [0.15, 0.2) is 36.7 Å². The van der Waals surface area contributed by atoms with E-state index in [1.807, 2.05) is 6.92 Å². The number of nitrogens with zero attached hydrogens (tertiary/aromatic N) is 4. The lowest BCUT2D eigenvalue weighted by Gasteiger charge is -2.33. The zero-order valence-corrected chi connectivity index (χ0v) is 25.5. The van der Waals surface area contributed by atoms with E-state index >= 15 is 0 Å². The highest BCUT2D eigenvalue weighted by Gasteiger charge is 2.34. The second-order valence-corrected chi connectivity index (χ2v) is 10.5. The third kappa shape index (κ3) is 7.71. The molecular weight excluding hydrogens is 610 g/mol. The number of nitrogens with one attached hydrogen (secondary N) is 3. The maximum atomic E-state index is 14.1. The first-order valence-electron chi connectivity index (χ1n) is 13.3. The molecule has 1 aliphatic heterocycles. The van der Waals surface area contributed by atoms with Gasteiger partial charge in [-0.25, -0.2) is 14.8 Å². The van der Waals surface area contributed by atoms with Gasteiger partial charge >= 0.3 is 12.2 Å². The zero-order valence-electron chi connectivity index (χ0n) is 24.0. The third-order valence-electron chi connectivity index (χ3n) is 7.05. The Labute approximate surface area is 257 Å². The second-order valence-electron chi connectivity index (χ2n) is 9.78. The first-order valence-corrected chi connectivity index (χ1v) is 14.1. The summed E-state index contributed by atoms with van der Waals surface area (Å²) in [5, 5.41) is 8.94. The highest BCUT2D eigenvalue weighted by Crippen LogP contribution is 2.44. The summed E-state index contributed by atoms with van der Waals surface area (Å²) in [6.07, 6.45) is -3.12. The number of halogens is 5. The summed E-state index contributed by atoms with van der Waals surface area (Å²) in [5.41, 5.74) is -0.267. The quantitative estimate of drug-likeness (QED) is 0.259. The summed E-state index contributed by atoms with van der Waals surface area (Å²) in [4.78, 5) is 24.7. The Morgan fingerprint density at radius 1 is 1.14 bits per heavy atom. The number of ether oxygens (including phenoxy) is 2. The molecule has 3 N–H and O–H groups in total. The molecule has 43 heavy (non-hydrogen) atoms. The van der Waals surface area contributed by atoms with Crippen LogP contribution < -0.4 is 30.3 Å². The van der Waals surface area contributed by atoms with Crippen LogP contribution in [0.25, 0.3) is 0 Å². The first-order chi connectivity index (χ1) is 20.4. The average molecular weight is 643 g/mol. The highest BCUT2D eigenvalue weighted by atomic mass is 35.5. The maximum absolute atomic E-state index is 14.1. The number of aromatic nitrogens is 2. The van der Waals surface area contributed by atoms with Crippen LogP contribution in [-0.4, -0.2) is 74.4 Å². The largest absolute Gasteiger partial charge is 0.495 e. The molecule has 1 aliphatic rings. The van der Waals surface area contributed by atoms with Gasteiger partial charge in [0.1, 0.15) is 39.5 Å². The number of carbonyl (C=O) groups excluding carboxylic acids is 1. The number of rotatable bonds is 9. The standard InChI is InChI=1S/C28H32Cl2F3N7O3/c1-5-40-9-8-34-18(14-40)10-16-6-7-17(11-19(16)28(31,32)33)37-22-13-23(36-15-35-22)39(2)27(41)38-26-24(29)20(42-3)12-21(43-4)25(26)30/h6-7,11-13,15,18,34H,5,8-10,14H2,1-4H3,(H,38,41)(H,35,36,37). The number of piperazine rings is 1.